The van der Waals surface area contributed by atoms with Crippen molar-refractivity contribution < 1.29 is 4.74 Å². The van der Waals surface area contributed by atoms with Gasteiger partial charge in [0.15, 0.2) is 0 Å². The Morgan fingerprint density at radius 1 is 1.25 bits per heavy atom. The lowest BCUT2D eigenvalue weighted by Gasteiger charge is -2.64. The molecule has 2 saturated heterocycles. The number of nitrogens with two attached hydrogens (primary N) is 1. The van der Waals surface area contributed by atoms with Crippen LogP contribution in [0.25, 0.3) is 0 Å². The lowest BCUT2D eigenvalue weighted by Crippen LogP contribution is -2.78. The molecule has 0 aromatic carbocycles. The third-order valence-corrected chi connectivity index (χ3v) is 6.50. The summed E-state index contributed by atoms with van der Waals surface area (Å²) in [6, 6.07) is 0.770. The van der Waals surface area contributed by atoms with E-state index in [0.29, 0.717) is 12.0 Å². The lowest BCUT2D eigenvalue weighted by molar-refractivity contribution is -0.166. The maximum absolute atomic E-state index is 6.93. The van der Waals surface area contributed by atoms with Crippen LogP contribution in [0.1, 0.15) is 59.3 Å². The Hall–Kier alpha value is -0.120. The van der Waals surface area contributed by atoms with Gasteiger partial charge in [0.1, 0.15) is 0 Å². The van der Waals surface area contributed by atoms with Crippen LogP contribution in [0.3, 0.4) is 0 Å². The molecule has 0 aromatic rings. The normalized spacial score (nSPS) is 44.1. The van der Waals surface area contributed by atoms with Gasteiger partial charge in [-0.25, -0.2) is 0 Å². The fourth-order valence-corrected chi connectivity index (χ4v) is 5.06. The van der Waals surface area contributed by atoms with Crippen molar-refractivity contribution in [1.29, 1.82) is 0 Å². The van der Waals surface area contributed by atoms with E-state index in [-0.39, 0.29) is 11.0 Å². The zero-order valence-electron chi connectivity index (χ0n) is 13.5. The second kappa shape index (κ2) is 5.26. The standard InChI is InChI=1S/C17H32N2O/c1-4-7-13-8-5-6-10-19(13)12-17(18)14-9-11-20-15(14)16(17,2)3/h13-15H,4-12,18H2,1-3H3. The molecule has 0 amide bonds. The van der Waals surface area contributed by atoms with Crippen molar-refractivity contribution in [3.63, 3.8) is 0 Å². The van der Waals surface area contributed by atoms with Crippen LogP contribution in [0.15, 0.2) is 0 Å². The number of nitrogens with zero attached hydrogens (tertiary/aromatic N) is 1. The van der Waals surface area contributed by atoms with Crippen molar-refractivity contribution in [2.45, 2.75) is 77.0 Å². The molecule has 0 spiro atoms. The first-order valence-electron chi connectivity index (χ1n) is 8.65. The molecule has 0 radical (unpaired) electrons. The molecule has 116 valence electrons. The van der Waals surface area contributed by atoms with E-state index in [1.165, 1.54) is 38.6 Å². The van der Waals surface area contributed by atoms with Gasteiger partial charge in [-0.15, -0.1) is 0 Å². The molecule has 4 atom stereocenters. The highest BCUT2D eigenvalue weighted by atomic mass is 16.5. The van der Waals surface area contributed by atoms with Gasteiger partial charge in [-0.1, -0.05) is 33.6 Å². The molecule has 20 heavy (non-hydrogen) atoms. The number of likely N-dealkylation sites (tertiary alicyclic amines) is 1. The first-order chi connectivity index (χ1) is 9.50. The Bertz CT molecular complexity index is 355. The third kappa shape index (κ3) is 2.05. The average molecular weight is 280 g/mol. The van der Waals surface area contributed by atoms with E-state index >= 15 is 0 Å². The topological polar surface area (TPSA) is 38.5 Å². The monoisotopic (exact) mass is 280 g/mol. The van der Waals surface area contributed by atoms with Gasteiger partial charge in [0.2, 0.25) is 0 Å². The van der Waals surface area contributed by atoms with Gasteiger partial charge in [-0.05, 0) is 32.2 Å². The number of piperidine rings is 1. The summed E-state index contributed by atoms with van der Waals surface area (Å²) in [5, 5.41) is 0. The van der Waals surface area contributed by atoms with Crippen molar-refractivity contribution in [2.24, 2.45) is 17.1 Å². The molecular formula is C17H32N2O. The molecule has 3 fully saturated rings. The molecule has 0 bridgehead atoms. The Balaban J connectivity index is 1.72. The van der Waals surface area contributed by atoms with E-state index in [4.69, 9.17) is 10.5 Å². The summed E-state index contributed by atoms with van der Waals surface area (Å²) >= 11 is 0. The predicted molar refractivity (Wildman–Crippen MR) is 82.7 cm³/mol. The minimum atomic E-state index is -0.0441. The Kier molecular flexibility index (Phi) is 3.89. The molecule has 0 aromatic heterocycles. The van der Waals surface area contributed by atoms with E-state index in [1.807, 2.05) is 0 Å². The van der Waals surface area contributed by atoms with Crippen LogP contribution in [-0.4, -0.2) is 42.3 Å². The fourth-order valence-electron chi connectivity index (χ4n) is 5.06. The quantitative estimate of drug-likeness (QED) is 0.860. The minimum absolute atomic E-state index is 0.0441. The van der Waals surface area contributed by atoms with Crippen molar-refractivity contribution in [3.05, 3.63) is 0 Å². The lowest BCUT2D eigenvalue weighted by atomic mass is 9.48. The van der Waals surface area contributed by atoms with Crippen molar-refractivity contribution in [3.8, 4) is 0 Å². The second-order valence-electron chi connectivity index (χ2n) is 7.86. The smallest absolute Gasteiger partial charge is 0.0691 e. The number of hydrogen-bond donors (Lipinski definition) is 1. The number of hydrogen-bond acceptors (Lipinski definition) is 3. The summed E-state index contributed by atoms with van der Waals surface area (Å²) in [5.74, 6) is 0.585. The molecule has 1 saturated carbocycles. The zero-order valence-corrected chi connectivity index (χ0v) is 13.5. The summed E-state index contributed by atoms with van der Waals surface area (Å²) in [6.45, 7) is 10.2. The maximum atomic E-state index is 6.93. The molecule has 4 unspecified atom stereocenters. The van der Waals surface area contributed by atoms with Gasteiger partial charge in [0, 0.05) is 36.1 Å². The average Bonchev–Trinajstić information content (AvgIpc) is 2.89. The van der Waals surface area contributed by atoms with E-state index in [0.717, 1.165) is 25.6 Å². The number of rotatable bonds is 4. The highest BCUT2D eigenvalue weighted by molar-refractivity contribution is 5.21. The largest absolute Gasteiger partial charge is 0.377 e. The van der Waals surface area contributed by atoms with Crippen LogP contribution in [0.2, 0.25) is 0 Å². The first-order valence-corrected chi connectivity index (χ1v) is 8.65. The predicted octanol–water partition coefficient (Wildman–Crippen LogP) is 2.78. The van der Waals surface area contributed by atoms with Crippen molar-refractivity contribution >= 4 is 0 Å². The van der Waals surface area contributed by atoms with E-state index in [1.54, 1.807) is 0 Å². The molecule has 3 aliphatic rings. The van der Waals surface area contributed by atoms with Crippen molar-refractivity contribution in [2.75, 3.05) is 19.7 Å². The summed E-state index contributed by atoms with van der Waals surface area (Å²) in [4.78, 5) is 2.71. The van der Waals surface area contributed by atoms with Crippen LogP contribution in [0, 0.1) is 11.3 Å². The Labute approximate surface area is 124 Å². The van der Waals surface area contributed by atoms with Crippen LogP contribution in [-0.2, 0) is 4.74 Å². The number of fused-ring (bicyclic) bond motifs is 1. The van der Waals surface area contributed by atoms with Crippen molar-refractivity contribution in [1.82, 2.24) is 4.90 Å². The SMILES string of the molecule is CCCC1CCCCN1CC1(N)C2CCOC2C1(C)C. The van der Waals surface area contributed by atoms with Gasteiger partial charge < -0.3 is 10.5 Å². The van der Waals surface area contributed by atoms with Gasteiger partial charge in [-0.2, -0.15) is 0 Å². The number of ether oxygens (including phenoxy) is 1. The molecule has 2 aliphatic heterocycles. The summed E-state index contributed by atoms with van der Waals surface area (Å²) < 4.78 is 5.93. The molecule has 3 heteroatoms. The highest BCUT2D eigenvalue weighted by Gasteiger charge is 2.67. The molecule has 2 heterocycles. The third-order valence-electron chi connectivity index (χ3n) is 6.50. The minimum Gasteiger partial charge on any atom is -0.377 e. The molecule has 2 N–H and O–H groups in total. The van der Waals surface area contributed by atoms with Gasteiger partial charge in [0.25, 0.3) is 0 Å². The van der Waals surface area contributed by atoms with E-state index in [2.05, 4.69) is 25.7 Å². The van der Waals surface area contributed by atoms with E-state index < -0.39 is 0 Å². The Morgan fingerprint density at radius 3 is 2.80 bits per heavy atom. The second-order valence-corrected chi connectivity index (χ2v) is 7.86. The molecular weight excluding hydrogens is 248 g/mol. The summed E-state index contributed by atoms with van der Waals surface area (Å²) in [7, 11) is 0. The van der Waals surface area contributed by atoms with Crippen LogP contribution in [0.5, 0.6) is 0 Å². The molecule has 3 nitrogen and oxygen atoms in total. The zero-order chi connectivity index (χ0) is 14.4. The van der Waals surface area contributed by atoms with Gasteiger partial charge in [-0.3, -0.25) is 4.90 Å². The summed E-state index contributed by atoms with van der Waals surface area (Å²) in [5.41, 5.74) is 7.02. The van der Waals surface area contributed by atoms with Crippen LogP contribution < -0.4 is 5.73 Å². The van der Waals surface area contributed by atoms with Gasteiger partial charge >= 0.3 is 0 Å². The molecule has 1 aliphatic carbocycles. The highest BCUT2D eigenvalue weighted by Crippen LogP contribution is 2.58. The molecule has 3 rings (SSSR count). The van der Waals surface area contributed by atoms with Crippen LogP contribution in [0.4, 0.5) is 0 Å². The fraction of sp³-hybridized carbons (Fsp3) is 1.00. The van der Waals surface area contributed by atoms with Gasteiger partial charge in [0.05, 0.1) is 6.10 Å². The van der Waals surface area contributed by atoms with E-state index in [9.17, 15) is 0 Å². The summed E-state index contributed by atoms with van der Waals surface area (Å²) in [6.07, 6.45) is 8.31. The Morgan fingerprint density at radius 2 is 2.05 bits per heavy atom. The van der Waals surface area contributed by atoms with Crippen LogP contribution >= 0.6 is 0 Å². The maximum Gasteiger partial charge on any atom is 0.0691 e. The first kappa shape index (κ1) is 14.8.